The van der Waals surface area contributed by atoms with Crippen LogP contribution in [0.1, 0.15) is 31.4 Å². The molecule has 2 atom stereocenters. The Morgan fingerprint density at radius 1 is 1.38 bits per heavy atom. The molecule has 1 aliphatic heterocycles. The molecule has 3 rings (SSSR count). The number of amides is 1. The zero-order valence-corrected chi connectivity index (χ0v) is 12.9. The molecule has 0 bridgehead atoms. The van der Waals surface area contributed by atoms with Crippen molar-refractivity contribution in [2.45, 2.75) is 45.3 Å². The van der Waals surface area contributed by atoms with Crippen LogP contribution in [0.2, 0.25) is 0 Å². The second-order valence-corrected chi connectivity index (χ2v) is 6.18. The Kier molecular flexibility index (Phi) is 4.27. The second-order valence-electron chi connectivity index (χ2n) is 6.18. The van der Waals surface area contributed by atoms with Gasteiger partial charge in [0, 0.05) is 18.8 Å². The molecule has 0 unspecified atom stereocenters. The summed E-state index contributed by atoms with van der Waals surface area (Å²) in [6, 6.07) is 6.19. The van der Waals surface area contributed by atoms with Crippen LogP contribution < -0.4 is 5.32 Å². The van der Waals surface area contributed by atoms with Gasteiger partial charge in [0.15, 0.2) is 0 Å². The number of fused-ring (bicyclic) bond motifs is 1. The van der Waals surface area contributed by atoms with E-state index in [1.165, 1.54) is 24.0 Å². The molecule has 114 valence electrons. The number of nitrogens with zero attached hydrogens (tertiary/aromatic N) is 1. The molecule has 1 amide bonds. The Hall–Kier alpha value is -1.39. The van der Waals surface area contributed by atoms with Gasteiger partial charge >= 0.3 is 0 Å². The highest BCUT2D eigenvalue weighted by Gasteiger charge is 2.26. The first-order valence-electron chi connectivity index (χ1n) is 7.92. The molecule has 1 aliphatic carbocycles. The summed E-state index contributed by atoms with van der Waals surface area (Å²) in [4.78, 5) is 14.6. The number of carbonyl (C=O) groups is 1. The number of ether oxygens (including phenoxy) is 1. The maximum atomic E-state index is 12.4. The van der Waals surface area contributed by atoms with Gasteiger partial charge in [-0.15, -0.1) is 0 Å². The van der Waals surface area contributed by atoms with Crippen LogP contribution in [-0.4, -0.2) is 42.6 Å². The van der Waals surface area contributed by atoms with Crippen molar-refractivity contribution in [3.05, 3.63) is 29.3 Å². The predicted octanol–water partition coefficient (Wildman–Crippen LogP) is 2.22. The quantitative estimate of drug-likeness (QED) is 0.927. The summed E-state index contributed by atoms with van der Waals surface area (Å²) in [5, 5.41) is 3.06. The van der Waals surface area contributed by atoms with E-state index in [9.17, 15) is 4.79 Å². The molecule has 1 fully saturated rings. The summed E-state index contributed by atoms with van der Waals surface area (Å²) < 4.78 is 5.53. The van der Waals surface area contributed by atoms with Gasteiger partial charge in [-0.2, -0.15) is 0 Å². The highest BCUT2D eigenvalue weighted by atomic mass is 16.5. The largest absolute Gasteiger partial charge is 0.376 e. The first-order chi connectivity index (χ1) is 10.1. The normalized spacial score (nSPS) is 23.6. The van der Waals surface area contributed by atoms with Crippen molar-refractivity contribution in [2.75, 3.05) is 25.0 Å². The summed E-state index contributed by atoms with van der Waals surface area (Å²) >= 11 is 0. The van der Waals surface area contributed by atoms with Gasteiger partial charge in [-0.05, 0) is 56.4 Å². The topological polar surface area (TPSA) is 41.6 Å². The molecule has 4 nitrogen and oxygen atoms in total. The Balaban J connectivity index is 1.62. The van der Waals surface area contributed by atoms with Crippen molar-refractivity contribution in [3.63, 3.8) is 0 Å². The minimum Gasteiger partial charge on any atom is -0.376 e. The number of hydrogen-bond acceptors (Lipinski definition) is 3. The molecule has 0 radical (unpaired) electrons. The van der Waals surface area contributed by atoms with E-state index in [1.54, 1.807) is 0 Å². The second kappa shape index (κ2) is 6.16. The van der Waals surface area contributed by atoms with Crippen LogP contribution in [0.15, 0.2) is 18.2 Å². The van der Waals surface area contributed by atoms with Crippen molar-refractivity contribution in [1.29, 1.82) is 0 Å². The van der Waals surface area contributed by atoms with Crippen molar-refractivity contribution in [3.8, 4) is 0 Å². The third-order valence-corrected chi connectivity index (χ3v) is 4.57. The minimum atomic E-state index is -0.121. The lowest BCUT2D eigenvalue weighted by molar-refractivity contribution is -0.123. The molecular formula is C17H24N2O2. The first-order valence-corrected chi connectivity index (χ1v) is 7.92. The maximum absolute atomic E-state index is 12.4. The molecule has 1 saturated heterocycles. The Labute approximate surface area is 126 Å². The fraction of sp³-hybridized carbons (Fsp3) is 0.588. The molecule has 1 N–H and O–H groups in total. The number of anilines is 1. The number of rotatable bonds is 3. The molecular weight excluding hydrogens is 264 g/mol. The lowest BCUT2D eigenvalue weighted by atomic mass is 10.1. The number of hydrogen-bond donors (Lipinski definition) is 1. The van der Waals surface area contributed by atoms with Crippen LogP contribution in [0.3, 0.4) is 0 Å². The highest BCUT2D eigenvalue weighted by Crippen LogP contribution is 2.25. The van der Waals surface area contributed by atoms with Crippen LogP contribution in [-0.2, 0) is 22.4 Å². The van der Waals surface area contributed by atoms with Crippen LogP contribution in [0, 0.1) is 0 Å². The zero-order valence-electron chi connectivity index (χ0n) is 12.9. The molecule has 4 heteroatoms. The Morgan fingerprint density at radius 2 is 2.19 bits per heavy atom. The Morgan fingerprint density at radius 3 is 3.00 bits per heavy atom. The van der Waals surface area contributed by atoms with E-state index < -0.39 is 0 Å². The number of benzene rings is 1. The van der Waals surface area contributed by atoms with Crippen molar-refractivity contribution >= 4 is 11.6 Å². The van der Waals surface area contributed by atoms with Gasteiger partial charge in [-0.1, -0.05) is 6.07 Å². The minimum absolute atomic E-state index is 0.0713. The van der Waals surface area contributed by atoms with Crippen molar-refractivity contribution in [1.82, 2.24) is 4.90 Å². The summed E-state index contributed by atoms with van der Waals surface area (Å²) in [6.45, 7) is 6.37. The number of aryl methyl sites for hydroxylation is 2. The van der Waals surface area contributed by atoms with Gasteiger partial charge in [-0.25, -0.2) is 0 Å². The molecule has 21 heavy (non-hydrogen) atoms. The predicted molar refractivity (Wildman–Crippen MR) is 83.5 cm³/mol. The maximum Gasteiger partial charge on any atom is 0.241 e. The summed E-state index contributed by atoms with van der Waals surface area (Å²) in [6.07, 6.45) is 3.74. The third kappa shape index (κ3) is 3.27. The monoisotopic (exact) mass is 288 g/mol. The van der Waals surface area contributed by atoms with E-state index in [1.807, 2.05) is 13.0 Å². The van der Waals surface area contributed by atoms with Gasteiger partial charge in [0.25, 0.3) is 0 Å². The summed E-state index contributed by atoms with van der Waals surface area (Å²) in [5.41, 5.74) is 3.75. The lowest BCUT2D eigenvalue weighted by Gasteiger charge is -2.34. The summed E-state index contributed by atoms with van der Waals surface area (Å²) in [7, 11) is 0. The lowest BCUT2D eigenvalue weighted by Crippen LogP contribution is -2.50. The molecule has 0 saturated carbocycles. The fourth-order valence-corrected chi connectivity index (χ4v) is 3.26. The van der Waals surface area contributed by atoms with Gasteiger partial charge in [-0.3, -0.25) is 9.69 Å². The smallest absolute Gasteiger partial charge is 0.241 e. The third-order valence-electron chi connectivity index (χ3n) is 4.57. The number of nitrogens with one attached hydrogen (secondary N) is 1. The van der Waals surface area contributed by atoms with Crippen molar-refractivity contribution < 1.29 is 9.53 Å². The van der Waals surface area contributed by atoms with E-state index in [4.69, 9.17) is 4.74 Å². The van der Waals surface area contributed by atoms with Crippen LogP contribution >= 0.6 is 0 Å². The van der Waals surface area contributed by atoms with Gasteiger partial charge < -0.3 is 10.1 Å². The molecule has 0 aromatic heterocycles. The molecule has 0 spiro atoms. The van der Waals surface area contributed by atoms with Crippen LogP contribution in [0.25, 0.3) is 0 Å². The van der Waals surface area contributed by atoms with Gasteiger partial charge in [0.05, 0.1) is 18.8 Å². The van der Waals surface area contributed by atoms with Gasteiger partial charge in [0.2, 0.25) is 5.91 Å². The average molecular weight is 288 g/mol. The molecule has 2 aliphatic rings. The van der Waals surface area contributed by atoms with E-state index in [-0.39, 0.29) is 18.1 Å². The standard InChI is InChI=1S/C17H24N2O2/c1-12-11-19(8-9-21-12)13(2)17(20)18-16-7-6-14-4-3-5-15(14)10-16/h6-7,10,12-13H,3-5,8-9,11H2,1-2H3,(H,18,20)/t12-,13+/m1/s1. The van der Waals surface area contributed by atoms with E-state index in [0.717, 1.165) is 25.2 Å². The fourth-order valence-electron chi connectivity index (χ4n) is 3.26. The Bertz CT molecular complexity index is 530. The van der Waals surface area contributed by atoms with Crippen LogP contribution in [0.4, 0.5) is 5.69 Å². The number of morpholine rings is 1. The van der Waals surface area contributed by atoms with E-state index >= 15 is 0 Å². The SMILES string of the molecule is C[C@@H]1CN([C@@H](C)C(=O)Nc2ccc3c(c2)CCC3)CCO1. The zero-order chi connectivity index (χ0) is 14.8. The summed E-state index contributed by atoms with van der Waals surface area (Å²) in [5.74, 6) is 0.0713. The molecule has 1 heterocycles. The molecule has 1 aromatic rings. The van der Waals surface area contributed by atoms with Gasteiger partial charge in [0.1, 0.15) is 0 Å². The highest BCUT2D eigenvalue weighted by molar-refractivity contribution is 5.94. The molecule has 1 aromatic carbocycles. The average Bonchev–Trinajstić information content (AvgIpc) is 2.94. The number of carbonyl (C=O) groups excluding carboxylic acids is 1. The van der Waals surface area contributed by atoms with Crippen LogP contribution in [0.5, 0.6) is 0 Å². The van der Waals surface area contributed by atoms with E-state index in [2.05, 4.69) is 29.3 Å². The van der Waals surface area contributed by atoms with E-state index in [0.29, 0.717) is 6.61 Å². The van der Waals surface area contributed by atoms with Crippen molar-refractivity contribution in [2.24, 2.45) is 0 Å². The first kappa shape index (κ1) is 14.5.